The molecule has 1 N–H and O–H groups in total. The molecule has 0 aromatic heterocycles. The Bertz CT molecular complexity index is 666. The van der Waals surface area contributed by atoms with E-state index in [-0.39, 0.29) is 11.8 Å². The third-order valence-corrected chi connectivity index (χ3v) is 5.54. The summed E-state index contributed by atoms with van der Waals surface area (Å²) >= 11 is 0. The van der Waals surface area contributed by atoms with Gasteiger partial charge < -0.3 is 10.0 Å². The average molecular weight is 356 g/mol. The zero-order valence-corrected chi connectivity index (χ0v) is 15.6. The summed E-state index contributed by atoms with van der Waals surface area (Å²) in [4.78, 5) is 25.1. The molecule has 5 heteroatoms. The van der Waals surface area contributed by atoms with Crippen LogP contribution in [0.4, 0.5) is 0 Å². The van der Waals surface area contributed by atoms with Crippen LogP contribution in [0.2, 0.25) is 0 Å². The SMILES string of the molecule is CC(C)C(C#N)(CCCCC(=O)N1CCC[C@@H]1C(=O)O)c1ccccc1. The second kappa shape index (κ2) is 8.84. The second-order valence-corrected chi connectivity index (χ2v) is 7.39. The number of nitrogens with zero attached hydrogens (tertiary/aromatic N) is 2. The number of carboxylic acid groups (broad SMARTS) is 1. The lowest BCUT2D eigenvalue weighted by Gasteiger charge is -2.31. The van der Waals surface area contributed by atoms with Gasteiger partial charge in [-0.1, -0.05) is 50.6 Å². The van der Waals surface area contributed by atoms with Crippen molar-refractivity contribution in [3.8, 4) is 6.07 Å². The first-order chi connectivity index (χ1) is 12.4. The van der Waals surface area contributed by atoms with Crippen LogP contribution < -0.4 is 0 Å². The lowest BCUT2D eigenvalue weighted by Crippen LogP contribution is -2.40. The molecule has 1 aromatic rings. The number of hydrogen-bond donors (Lipinski definition) is 1. The Morgan fingerprint density at radius 2 is 2.00 bits per heavy atom. The Morgan fingerprint density at radius 1 is 1.31 bits per heavy atom. The van der Waals surface area contributed by atoms with Crippen molar-refractivity contribution < 1.29 is 14.7 Å². The van der Waals surface area contributed by atoms with E-state index in [0.29, 0.717) is 32.2 Å². The van der Waals surface area contributed by atoms with Crippen LogP contribution in [-0.4, -0.2) is 34.5 Å². The van der Waals surface area contributed by atoms with Crippen molar-refractivity contribution in [3.05, 3.63) is 35.9 Å². The number of benzene rings is 1. The van der Waals surface area contributed by atoms with E-state index in [9.17, 15) is 20.0 Å². The van der Waals surface area contributed by atoms with Gasteiger partial charge in [0.25, 0.3) is 0 Å². The van der Waals surface area contributed by atoms with Crippen LogP contribution in [0.5, 0.6) is 0 Å². The highest BCUT2D eigenvalue weighted by Gasteiger charge is 2.36. The Balaban J connectivity index is 1.93. The molecule has 1 saturated heterocycles. The Kier molecular flexibility index (Phi) is 6.79. The lowest BCUT2D eigenvalue weighted by molar-refractivity contribution is -0.148. The zero-order valence-electron chi connectivity index (χ0n) is 15.6. The minimum absolute atomic E-state index is 0.0817. The van der Waals surface area contributed by atoms with Gasteiger partial charge in [0.1, 0.15) is 6.04 Å². The molecule has 0 spiro atoms. The number of carbonyl (C=O) groups excluding carboxylic acids is 1. The van der Waals surface area contributed by atoms with Gasteiger partial charge in [0.05, 0.1) is 11.5 Å². The van der Waals surface area contributed by atoms with Crippen molar-refractivity contribution in [2.75, 3.05) is 6.54 Å². The van der Waals surface area contributed by atoms with Gasteiger partial charge in [0.15, 0.2) is 0 Å². The van der Waals surface area contributed by atoms with Gasteiger partial charge in [-0.3, -0.25) is 4.79 Å². The average Bonchev–Trinajstić information content (AvgIpc) is 3.12. The largest absolute Gasteiger partial charge is 0.480 e. The number of unbranched alkanes of at least 4 members (excludes halogenated alkanes) is 1. The number of amides is 1. The molecule has 0 saturated carbocycles. The van der Waals surface area contributed by atoms with Crippen LogP contribution in [0.25, 0.3) is 0 Å². The van der Waals surface area contributed by atoms with Gasteiger partial charge in [-0.05, 0) is 37.2 Å². The number of carboxylic acids is 1. The lowest BCUT2D eigenvalue weighted by atomic mass is 9.69. The molecule has 5 nitrogen and oxygen atoms in total. The number of nitriles is 1. The van der Waals surface area contributed by atoms with Gasteiger partial charge in [0, 0.05) is 13.0 Å². The van der Waals surface area contributed by atoms with Gasteiger partial charge in [-0.2, -0.15) is 5.26 Å². The highest BCUT2D eigenvalue weighted by Crippen LogP contribution is 2.37. The molecule has 1 unspecified atom stereocenters. The second-order valence-electron chi connectivity index (χ2n) is 7.39. The number of carbonyl (C=O) groups is 2. The van der Waals surface area contributed by atoms with Crippen molar-refractivity contribution in [3.63, 3.8) is 0 Å². The molecule has 1 aliphatic heterocycles. The maximum absolute atomic E-state index is 12.4. The molecule has 0 radical (unpaired) electrons. The topological polar surface area (TPSA) is 81.4 Å². The number of aliphatic carboxylic acids is 1. The molecule has 1 aliphatic rings. The molecule has 0 aliphatic carbocycles. The first kappa shape index (κ1) is 20.0. The monoisotopic (exact) mass is 356 g/mol. The molecule has 1 heterocycles. The van der Waals surface area contributed by atoms with Crippen LogP contribution in [0.1, 0.15) is 57.9 Å². The third-order valence-electron chi connectivity index (χ3n) is 5.54. The van der Waals surface area contributed by atoms with Crippen molar-refractivity contribution >= 4 is 11.9 Å². The van der Waals surface area contributed by atoms with Gasteiger partial charge >= 0.3 is 5.97 Å². The van der Waals surface area contributed by atoms with Crippen LogP contribution in [0, 0.1) is 17.2 Å². The Hall–Kier alpha value is -2.35. The van der Waals surface area contributed by atoms with Crippen molar-refractivity contribution in [2.24, 2.45) is 5.92 Å². The van der Waals surface area contributed by atoms with Gasteiger partial charge in [0.2, 0.25) is 5.91 Å². The summed E-state index contributed by atoms with van der Waals surface area (Å²) in [6.07, 6.45) is 3.77. The van der Waals surface area contributed by atoms with E-state index in [0.717, 1.165) is 18.4 Å². The van der Waals surface area contributed by atoms with E-state index in [1.54, 1.807) is 0 Å². The molecule has 1 fully saturated rings. The number of likely N-dealkylation sites (tertiary alicyclic amines) is 1. The van der Waals surface area contributed by atoms with E-state index in [1.165, 1.54) is 4.90 Å². The summed E-state index contributed by atoms with van der Waals surface area (Å²) in [5.41, 5.74) is 0.468. The fourth-order valence-electron chi connectivity index (χ4n) is 3.90. The van der Waals surface area contributed by atoms with Gasteiger partial charge in [-0.25, -0.2) is 4.79 Å². The maximum Gasteiger partial charge on any atom is 0.326 e. The maximum atomic E-state index is 12.4. The van der Waals surface area contributed by atoms with Crippen molar-refractivity contribution in [2.45, 2.75) is 63.8 Å². The minimum atomic E-state index is -0.914. The van der Waals surface area contributed by atoms with Gasteiger partial charge in [-0.15, -0.1) is 0 Å². The summed E-state index contributed by atoms with van der Waals surface area (Å²) < 4.78 is 0. The molecular formula is C21H28N2O3. The van der Waals surface area contributed by atoms with E-state index in [2.05, 4.69) is 19.9 Å². The first-order valence-electron chi connectivity index (χ1n) is 9.41. The predicted octanol–water partition coefficient (Wildman–Crippen LogP) is 3.74. The van der Waals surface area contributed by atoms with E-state index < -0.39 is 17.4 Å². The molecular weight excluding hydrogens is 328 g/mol. The van der Waals surface area contributed by atoms with E-state index in [1.807, 2.05) is 30.3 Å². The van der Waals surface area contributed by atoms with E-state index >= 15 is 0 Å². The number of rotatable bonds is 8. The van der Waals surface area contributed by atoms with Crippen LogP contribution in [0.3, 0.4) is 0 Å². The molecule has 26 heavy (non-hydrogen) atoms. The molecule has 140 valence electrons. The van der Waals surface area contributed by atoms with Crippen LogP contribution >= 0.6 is 0 Å². The summed E-state index contributed by atoms with van der Waals surface area (Å²) in [7, 11) is 0. The predicted molar refractivity (Wildman–Crippen MR) is 99.4 cm³/mol. The smallest absolute Gasteiger partial charge is 0.326 e. The Labute approximate surface area is 155 Å². The summed E-state index contributed by atoms with van der Waals surface area (Å²) in [5, 5.41) is 19.1. The summed E-state index contributed by atoms with van der Waals surface area (Å²) in [5.74, 6) is -0.828. The number of hydrogen-bond acceptors (Lipinski definition) is 3. The fourth-order valence-corrected chi connectivity index (χ4v) is 3.90. The molecule has 1 amide bonds. The minimum Gasteiger partial charge on any atom is -0.480 e. The van der Waals surface area contributed by atoms with Crippen molar-refractivity contribution in [1.29, 1.82) is 5.26 Å². The van der Waals surface area contributed by atoms with Crippen LogP contribution in [-0.2, 0) is 15.0 Å². The van der Waals surface area contributed by atoms with Crippen LogP contribution in [0.15, 0.2) is 30.3 Å². The summed E-state index contributed by atoms with van der Waals surface area (Å²) in [6.45, 7) is 4.65. The third kappa shape index (κ3) is 4.24. The van der Waals surface area contributed by atoms with Crippen molar-refractivity contribution in [1.82, 2.24) is 4.90 Å². The highest BCUT2D eigenvalue weighted by atomic mass is 16.4. The Morgan fingerprint density at radius 3 is 2.58 bits per heavy atom. The summed E-state index contributed by atoms with van der Waals surface area (Å²) in [6, 6.07) is 11.7. The zero-order chi connectivity index (χ0) is 19.2. The molecule has 0 bridgehead atoms. The molecule has 2 atom stereocenters. The molecule has 2 rings (SSSR count). The fraction of sp³-hybridized carbons (Fsp3) is 0.571. The normalized spacial score (nSPS) is 19.2. The molecule has 1 aromatic carbocycles. The standard InChI is InChI=1S/C21H28N2O3/c1-16(2)21(15-22,17-9-4-3-5-10-17)13-7-6-12-19(24)23-14-8-11-18(23)20(25)26/h3-5,9-10,16,18H,6-8,11-14H2,1-2H3,(H,25,26)/t18-,21?/m1/s1. The first-order valence-corrected chi connectivity index (χ1v) is 9.41. The van der Waals surface area contributed by atoms with E-state index in [4.69, 9.17) is 0 Å². The highest BCUT2D eigenvalue weighted by molar-refractivity contribution is 5.84. The quantitative estimate of drug-likeness (QED) is 0.719.